The highest BCUT2D eigenvalue weighted by atomic mass is 35.5. The zero-order valence-corrected chi connectivity index (χ0v) is 17.2. The summed E-state index contributed by atoms with van der Waals surface area (Å²) in [5.74, 6) is 1.31. The third-order valence-electron chi connectivity index (χ3n) is 5.67. The van der Waals surface area contributed by atoms with Crippen molar-refractivity contribution in [3.05, 3.63) is 52.6 Å². The van der Waals surface area contributed by atoms with E-state index in [1.807, 2.05) is 19.9 Å². The van der Waals surface area contributed by atoms with Crippen molar-refractivity contribution >= 4 is 23.3 Å². The number of rotatable bonds is 3. The molecule has 1 aliphatic heterocycles. The van der Waals surface area contributed by atoms with Gasteiger partial charge in [-0.15, -0.1) is 0 Å². The molecule has 1 aromatic heterocycles. The molecule has 2 unspecified atom stereocenters. The van der Waals surface area contributed by atoms with Crippen LogP contribution in [0, 0.1) is 11.3 Å². The van der Waals surface area contributed by atoms with Gasteiger partial charge in [0.15, 0.2) is 0 Å². The smallest absolute Gasteiger partial charge is 0.312 e. The summed E-state index contributed by atoms with van der Waals surface area (Å²) in [6, 6.07) is 7.33. The van der Waals surface area contributed by atoms with Crippen LogP contribution in [-0.4, -0.2) is 40.0 Å². The topological polar surface area (TPSA) is 93.9 Å². The zero-order chi connectivity index (χ0) is 20.6. The minimum atomic E-state index is -0.622. The van der Waals surface area contributed by atoms with Crippen molar-refractivity contribution in [1.29, 1.82) is 5.26 Å². The maximum Gasteiger partial charge on any atom is 0.322 e. The van der Waals surface area contributed by atoms with E-state index in [-0.39, 0.29) is 12.1 Å². The second-order valence-corrected chi connectivity index (χ2v) is 8.41. The molecular weight excluding hydrogens is 388 g/mol. The van der Waals surface area contributed by atoms with Gasteiger partial charge in [-0.1, -0.05) is 17.7 Å². The van der Waals surface area contributed by atoms with Crippen LogP contribution in [0.2, 0.25) is 5.02 Å². The molecule has 0 bridgehead atoms. The molecule has 8 heteroatoms. The maximum atomic E-state index is 13.2. The monoisotopic (exact) mass is 410 g/mol. The first-order valence-corrected chi connectivity index (χ1v) is 10.1. The van der Waals surface area contributed by atoms with Crippen molar-refractivity contribution in [2.75, 3.05) is 18.4 Å². The fraction of sp³-hybridized carbons (Fsp3) is 0.429. The van der Waals surface area contributed by atoms with Gasteiger partial charge in [-0.2, -0.15) is 5.26 Å². The first kappa shape index (κ1) is 19.6. The number of piperazine rings is 1. The average Bonchev–Trinajstić information content (AvgIpc) is 3.55. The number of nitriles is 1. The molecule has 1 saturated heterocycles. The molecule has 1 aromatic carbocycles. The van der Waals surface area contributed by atoms with Crippen molar-refractivity contribution < 1.29 is 4.79 Å². The number of nitrogens with zero attached hydrogens (tertiary/aromatic N) is 4. The molecule has 0 spiro atoms. The third-order valence-corrected chi connectivity index (χ3v) is 5.98. The van der Waals surface area contributed by atoms with Gasteiger partial charge in [0.1, 0.15) is 11.9 Å². The number of halogens is 1. The summed E-state index contributed by atoms with van der Waals surface area (Å²) in [4.78, 5) is 23.7. The number of nitrogens with one attached hydrogen (secondary N) is 2. The number of anilines is 1. The van der Waals surface area contributed by atoms with Gasteiger partial charge in [0, 0.05) is 25.0 Å². The summed E-state index contributed by atoms with van der Waals surface area (Å²) in [5, 5.41) is 15.9. The molecule has 2 aromatic rings. The van der Waals surface area contributed by atoms with E-state index in [4.69, 9.17) is 16.9 Å². The van der Waals surface area contributed by atoms with Gasteiger partial charge in [-0.05, 0) is 44.4 Å². The lowest BCUT2D eigenvalue weighted by Crippen LogP contribution is -2.63. The Labute approximate surface area is 175 Å². The molecule has 29 heavy (non-hydrogen) atoms. The summed E-state index contributed by atoms with van der Waals surface area (Å²) >= 11 is 6.26. The summed E-state index contributed by atoms with van der Waals surface area (Å²) in [7, 11) is 0. The number of carbonyl (C=O) groups excluding carboxylic acids is 1. The molecule has 2 N–H and O–H groups in total. The van der Waals surface area contributed by atoms with E-state index in [0.29, 0.717) is 35.3 Å². The van der Waals surface area contributed by atoms with Crippen molar-refractivity contribution in [3.63, 3.8) is 0 Å². The molecule has 2 aliphatic rings. The molecule has 7 nitrogen and oxygen atoms in total. The van der Waals surface area contributed by atoms with Crippen molar-refractivity contribution in [2.45, 2.75) is 44.2 Å². The highest BCUT2D eigenvalue weighted by Crippen LogP contribution is 2.38. The SMILES string of the molecule is CC1CN(C(=O)Nc2cnc(C3CC3)nc2)C(C)(c2ccc(C#N)c(Cl)c2)CN1. The van der Waals surface area contributed by atoms with Gasteiger partial charge in [-0.3, -0.25) is 0 Å². The van der Waals surface area contributed by atoms with Crippen LogP contribution in [-0.2, 0) is 5.54 Å². The largest absolute Gasteiger partial charge is 0.322 e. The lowest BCUT2D eigenvalue weighted by molar-refractivity contribution is 0.0906. The van der Waals surface area contributed by atoms with Crippen LogP contribution in [0.1, 0.15) is 49.6 Å². The number of aromatic nitrogens is 2. The lowest BCUT2D eigenvalue weighted by Gasteiger charge is -2.47. The Kier molecular flexibility index (Phi) is 5.15. The van der Waals surface area contributed by atoms with Gasteiger partial charge in [0.25, 0.3) is 0 Å². The molecule has 2 fully saturated rings. The number of hydrogen-bond donors (Lipinski definition) is 2. The fourth-order valence-corrected chi connectivity index (χ4v) is 3.88. The van der Waals surface area contributed by atoms with E-state index in [0.717, 1.165) is 24.2 Å². The van der Waals surface area contributed by atoms with Crippen LogP contribution < -0.4 is 10.6 Å². The van der Waals surface area contributed by atoms with Gasteiger partial charge >= 0.3 is 6.03 Å². The van der Waals surface area contributed by atoms with Crippen LogP contribution in [0.15, 0.2) is 30.6 Å². The predicted octanol–water partition coefficient (Wildman–Crippen LogP) is 3.62. The lowest BCUT2D eigenvalue weighted by atomic mass is 9.87. The van der Waals surface area contributed by atoms with E-state index in [9.17, 15) is 4.79 Å². The molecule has 0 radical (unpaired) electrons. The summed E-state index contributed by atoms with van der Waals surface area (Å²) in [6.45, 7) is 5.14. The molecule has 150 valence electrons. The van der Waals surface area contributed by atoms with E-state index >= 15 is 0 Å². The van der Waals surface area contributed by atoms with Crippen LogP contribution in [0.5, 0.6) is 0 Å². The van der Waals surface area contributed by atoms with Crippen LogP contribution >= 0.6 is 11.6 Å². The minimum Gasteiger partial charge on any atom is -0.312 e. The van der Waals surface area contributed by atoms with E-state index in [1.165, 1.54) is 0 Å². The highest BCUT2D eigenvalue weighted by Gasteiger charge is 2.41. The van der Waals surface area contributed by atoms with Crippen molar-refractivity contribution in [2.24, 2.45) is 0 Å². The van der Waals surface area contributed by atoms with Crippen molar-refractivity contribution in [1.82, 2.24) is 20.2 Å². The first-order valence-electron chi connectivity index (χ1n) is 9.75. The molecule has 1 aliphatic carbocycles. The Morgan fingerprint density at radius 1 is 1.38 bits per heavy atom. The molecule has 2 heterocycles. The van der Waals surface area contributed by atoms with Crippen molar-refractivity contribution in [3.8, 4) is 6.07 Å². The standard InChI is InChI=1S/C21H23ClN6O/c1-13-11-28(20(29)27-17-9-24-19(25-10-17)14-3-4-14)21(2,12-26-13)16-6-5-15(8-23)18(22)7-16/h5-7,9-10,13-14,26H,3-4,11-12H2,1-2H3,(H,27,29). The normalized spacial score (nSPS) is 24.1. The Bertz CT molecular complexity index is 968. The summed E-state index contributed by atoms with van der Waals surface area (Å²) in [6.07, 6.45) is 5.60. The Hall–Kier alpha value is -2.69. The van der Waals surface area contributed by atoms with Crippen LogP contribution in [0.3, 0.4) is 0 Å². The highest BCUT2D eigenvalue weighted by molar-refractivity contribution is 6.31. The first-order chi connectivity index (χ1) is 13.9. The second kappa shape index (κ2) is 7.62. The molecular formula is C21H23ClN6O. The summed E-state index contributed by atoms with van der Waals surface area (Å²) in [5.41, 5.74) is 1.24. The number of amides is 2. The number of carbonyl (C=O) groups is 1. The van der Waals surface area contributed by atoms with Gasteiger partial charge in [0.2, 0.25) is 0 Å². The van der Waals surface area contributed by atoms with Gasteiger partial charge in [0.05, 0.1) is 34.2 Å². The van der Waals surface area contributed by atoms with E-state index < -0.39 is 5.54 Å². The zero-order valence-electron chi connectivity index (χ0n) is 16.4. The third kappa shape index (κ3) is 3.91. The molecule has 4 rings (SSSR count). The molecule has 1 saturated carbocycles. The van der Waals surface area contributed by atoms with E-state index in [1.54, 1.807) is 29.4 Å². The number of hydrogen-bond acceptors (Lipinski definition) is 5. The molecule has 2 amide bonds. The summed E-state index contributed by atoms with van der Waals surface area (Å²) < 4.78 is 0. The Balaban J connectivity index is 1.58. The average molecular weight is 411 g/mol. The second-order valence-electron chi connectivity index (χ2n) is 8.01. The maximum absolute atomic E-state index is 13.2. The number of benzene rings is 1. The van der Waals surface area contributed by atoms with Crippen LogP contribution in [0.4, 0.5) is 10.5 Å². The Morgan fingerprint density at radius 2 is 2.10 bits per heavy atom. The minimum absolute atomic E-state index is 0.149. The number of urea groups is 1. The predicted molar refractivity (Wildman–Crippen MR) is 111 cm³/mol. The van der Waals surface area contributed by atoms with Gasteiger partial charge in [-0.25, -0.2) is 14.8 Å². The van der Waals surface area contributed by atoms with Gasteiger partial charge < -0.3 is 15.5 Å². The Morgan fingerprint density at radius 3 is 2.72 bits per heavy atom. The quantitative estimate of drug-likeness (QED) is 0.805. The fourth-order valence-electron chi connectivity index (χ4n) is 3.66. The molecule has 2 atom stereocenters. The van der Waals surface area contributed by atoms with Crippen LogP contribution in [0.25, 0.3) is 0 Å². The van der Waals surface area contributed by atoms with E-state index in [2.05, 4.69) is 26.7 Å².